The van der Waals surface area contributed by atoms with Gasteiger partial charge in [-0.15, -0.1) is 0 Å². The molecule has 116 valence electrons. The first-order valence-electron chi connectivity index (χ1n) is 7.66. The summed E-state index contributed by atoms with van der Waals surface area (Å²) in [4.78, 5) is 17.1. The van der Waals surface area contributed by atoms with Crippen molar-refractivity contribution in [2.45, 2.75) is 19.2 Å². The Morgan fingerprint density at radius 3 is 3.04 bits per heavy atom. The zero-order valence-electron chi connectivity index (χ0n) is 12.9. The van der Waals surface area contributed by atoms with Gasteiger partial charge in [0, 0.05) is 23.5 Å². The maximum absolute atomic E-state index is 12.4. The average Bonchev–Trinajstić information content (AvgIpc) is 2.92. The van der Waals surface area contributed by atoms with Crippen LogP contribution < -0.4 is 5.32 Å². The first-order valence-corrected chi connectivity index (χ1v) is 8.81. The van der Waals surface area contributed by atoms with Crippen molar-refractivity contribution in [3.63, 3.8) is 0 Å². The third kappa shape index (κ3) is 2.72. The van der Waals surface area contributed by atoms with E-state index in [1.807, 2.05) is 61.2 Å². The molecule has 0 saturated carbocycles. The van der Waals surface area contributed by atoms with E-state index in [9.17, 15) is 4.79 Å². The van der Waals surface area contributed by atoms with Crippen molar-refractivity contribution in [1.82, 2.24) is 9.55 Å². The first-order chi connectivity index (χ1) is 11.2. The summed E-state index contributed by atoms with van der Waals surface area (Å²) in [6, 6.07) is 13.6. The van der Waals surface area contributed by atoms with Crippen LogP contribution in [0.5, 0.6) is 0 Å². The van der Waals surface area contributed by atoms with E-state index in [0.717, 1.165) is 46.2 Å². The molecule has 2 heterocycles. The summed E-state index contributed by atoms with van der Waals surface area (Å²) in [6.07, 6.45) is 0. The molecule has 0 radical (unpaired) electrons. The van der Waals surface area contributed by atoms with Gasteiger partial charge in [-0.3, -0.25) is 4.79 Å². The van der Waals surface area contributed by atoms with Gasteiger partial charge in [0.15, 0.2) is 0 Å². The summed E-state index contributed by atoms with van der Waals surface area (Å²) < 4.78 is 2.28. The standard InChI is InChI=1S/C18H17N3OS/c1-12-3-2-4-13(9-12)18(22)19-14-5-6-16-15(10-14)20-17-11-23-8-7-21(16)17/h2-6,9-10H,7-8,11H2,1H3,(H,19,22). The van der Waals surface area contributed by atoms with Crippen LogP contribution in [0.1, 0.15) is 21.7 Å². The van der Waals surface area contributed by atoms with Crippen LogP contribution in [-0.2, 0) is 12.3 Å². The van der Waals surface area contributed by atoms with E-state index in [-0.39, 0.29) is 5.91 Å². The molecule has 0 unspecified atom stereocenters. The monoisotopic (exact) mass is 323 g/mol. The number of benzene rings is 2. The van der Waals surface area contributed by atoms with Crippen LogP contribution in [0, 0.1) is 6.92 Å². The molecule has 3 aromatic rings. The number of aryl methyl sites for hydroxylation is 2. The van der Waals surface area contributed by atoms with Gasteiger partial charge in [0.1, 0.15) is 5.82 Å². The molecule has 0 bridgehead atoms. The van der Waals surface area contributed by atoms with Crippen LogP contribution >= 0.6 is 11.8 Å². The zero-order valence-corrected chi connectivity index (χ0v) is 13.7. The number of hydrogen-bond donors (Lipinski definition) is 1. The van der Waals surface area contributed by atoms with Gasteiger partial charge in [0.25, 0.3) is 5.91 Å². The molecule has 0 aliphatic carbocycles. The smallest absolute Gasteiger partial charge is 0.255 e. The number of thioether (sulfide) groups is 1. The number of carbonyl (C=O) groups excluding carboxylic acids is 1. The molecule has 1 aliphatic rings. The minimum Gasteiger partial charge on any atom is -0.326 e. The Morgan fingerprint density at radius 1 is 1.26 bits per heavy atom. The van der Waals surface area contributed by atoms with E-state index >= 15 is 0 Å². The average molecular weight is 323 g/mol. The molecule has 2 aromatic carbocycles. The molecular weight excluding hydrogens is 306 g/mol. The third-order valence-electron chi connectivity index (χ3n) is 4.06. The SMILES string of the molecule is Cc1cccc(C(=O)Nc2ccc3c(c2)nc2n3CCSC2)c1. The quantitative estimate of drug-likeness (QED) is 0.779. The molecule has 4 rings (SSSR count). The summed E-state index contributed by atoms with van der Waals surface area (Å²) in [5.74, 6) is 3.12. The Morgan fingerprint density at radius 2 is 2.17 bits per heavy atom. The van der Waals surface area contributed by atoms with Crippen LogP contribution in [0.25, 0.3) is 11.0 Å². The minimum atomic E-state index is -0.0902. The second-order valence-electron chi connectivity index (χ2n) is 5.76. The van der Waals surface area contributed by atoms with Gasteiger partial charge >= 0.3 is 0 Å². The van der Waals surface area contributed by atoms with Gasteiger partial charge < -0.3 is 9.88 Å². The fourth-order valence-corrected chi connectivity index (χ4v) is 3.78. The predicted octanol–water partition coefficient (Wildman–Crippen LogP) is 3.84. The highest BCUT2D eigenvalue weighted by Gasteiger charge is 2.15. The summed E-state index contributed by atoms with van der Waals surface area (Å²) >= 11 is 1.91. The number of aromatic nitrogens is 2. The Kier molecular flexibility index (Phi) is 3.58. The van der Waals surface area contributed by atoms with Crippen molar-refractivity contribution in [1.29, 1.82) is 0 Å². The Hall–Kier alpha value is -2.27. The van der Waals surface area contributed by atoms with E-state index in [2.05, 4.69) is 9.88 Å². The van der Waals surface area contributed by atoms with Crippen LogP contribution in [-0.4, -0.2) is 21.2 Å². The van der Waals surface area contributed by atoms with Crippen molar-refractivity contribution in [2.24, 2.45) is 0 Å². The Bertz CT molecular complexity index is 900. The zero-order chi connectivity index (χ0) is 15.8. The first kappa shape index (κ1) is 14.3. The van der Waals surface area contributed by atoms with E-state index in [0.29, 0.717) is 5.56 Å². The topological polar surface area (TPSA) is 46.9 Å². The largest absolute Gasteiger partial charge is 0.326 e. The minimum absolute atomic E-state index is 0.0902. The second-order valence-corrected chi connectivity index (χ2v) is 6.86. The molecule has 23 heavy (non-hydrogen) atoms. The lowest BCUT2D eigenvalue weighted by molar-refractivity contribution is 0.102. The molecule has 1 aliphatic heterocycles. The number of rotatable bonds is 2. The highest BCUT2D eigenvalue weighted by atomic mass is 32.2. The van der Waals surface area contributed by atoms with Crippen molar-refractivity contribution in [3.05, 3.63) is 59.4 Å². The Labute approximate surface area is 138 Å². The summed E-state index contributed by atoms with van der Waals surface area (Å²) in [7, 11) is 0. The summed E-state index contributed by atoms with van der Waals surface area (Å²) in [6.45, 7) is 2.99. The molecule has 0 fully saturated rings. The molecule has 1 aromatic heterocycles. The Balaban J connectivity index is 1.63. The van der Waals surface area contributed by atoms with Gasteiger partial charge in [-0.1, -0.05) is 17.7 Å². The van der Waals surface area contributed by atoms with Gasteiger partial charge in [0.05, 0.1) is 16.8 Å². The predicted molar refractivity (Wildman–Crippen MR) is 95.0 cm³/mol. The lowest BCUT2D eigenvalue weighted by Crippen LogP contribution is -2.12. The van der Waals surface area contributed by atoms with Crippen LogP contribution in [0.4, 0.5) is 5.69 Å². The molecule has 0 saturated heterocycles. The number of anilines is 1. The van der Waals surface area contributed by atoms with Crippen LogP contribution in [0.15, 0.2) is 42.5 Å². The third-order valence-corrected chi connectivity index (χ3v) is 4.99. The lowest BCUT2D eigenvalue weighted by atomic mass is 10.1. The lowest BCUT2D eigenvalue weighted by Gasteiger charge is -2.13. The molecule has 0 atom stereocenters. The van der Waals surface area contributed by atoms with Crippen molar-refractivity contribution in [2.75, 3.05) is 11.1 Å². The van der Waals surface area contributed by atoms with E-state index in [1.165, 1.54) is 0 Å². The number of nitrogens with zero attached hydrogens (tertiary/aromatic N) is 2. The van der Waals surface area contributed by atoms with Gasteiger partial charge in [-0.2, -0.15) is 11.8 Å². The van der Waals surface area contributed by atoms with Crippen molar-refractivity contribution in [3.8, 4) is 0 Å². The molecule has 4 nitrogen and oxygen atoms in total. The fourth-order valence-electron chi connectivity index (χ4n) is 2.93. The maximum Gasteiger partial charge on any atom is 0.255 e. The van der Waals surface area contributed by atoms with Gasteiger partial charge in [-0.25, -0.2) is 4.98 Å². The van der Waals surface area contributed by atoms with Gasteiger partial charge in [0.2, 0.25) is 0 Å². The number of hydrogen-bond acceptors (Lipinski definition) is 3. The number of imidazole rings is 1. The number of nitrogens with one attached hydrogen (secondary N) is 1. The normalized spacial score (nSPS) is 13.8. The number of amides is 1. The molecular formula is C18H17N3OS. The summed E-state index contributed by atoms with van der Waals surface area (Å²) in [5.41, 5.74) is 4.63. The number of fused-ring (bicyclic) bond motifs is 3. The van der Waals surface area contributed by atoms with E-state index < -0.39 is 0 Å². The highest BCUT2D eigenvalue weighted by molar-refractivity contribution is 7.98. The highest BCUT2D eigenvalue weighted by Crippen LogP contribution is 2.26. The summed E-state index contributed by atoms with van der Waals surface area (Å²) in [5, 5.41) is 2.96. The van der Waals surface area contributed by atoms with Crippen LogP contribution in [0.3, 0.4) is 0 Å². The number of carbonyl (C=O) groups is 1. The van der Waals surface area contributed by atoms with Crippen molar-refractivity contribution < 1.29 is 4.79 Å². The molecule has 1 amide bonds. The second kappa shape index (κ2) is 5.74. The van der Waals surface area contributed by atoms with Crippen LogP contribution in [0.2, 0.25) is 0 Å². The molecule has 5 heteroatoms. The van der Waals surface area contributed by atoms with E-state index in [4.69, 9.17) is 4.98 Å². The molecule has 0 spiro atoms. The maximum atomic E-state index is 12.4. The molecule has 1 N–H and O–H groups in total. The fraction of sp³-hybridized carbons (Fsp3) is 0.222. The van der Waals surface area contributed by atoms with E-state index in [1.54, 1.807) is 0 Å². The van der Waals surface area contributed by atoms with Crippen molar-refractivity contribution >= 4 is 34.4 Å². The van der Waals surface area contributed by atoms with Gasteiger partial charge in [-0.05, 0) is 37.3 Å².